The van der Waals surface area contributed by atoms with Gasteiger partial charge in [0.05, 0.1) is 4.90 Å². The summed E-state index contributed by atoms with van der Waals surface area (Å²) in [6.45, 7) is 4.87. The van der Waals surface area contributed by atoms with E-state index in [1.165, 1.54) is 15.9 Å². The molecule has 0 aliphatic carbocycles. The summed E-state index contributed by atoms with van der Waals surface area (Å²) in [4.78, 5) is 47.5. The van der Waals surface area contributed by atoms with E-state index in [4.69, 9.17) is 0 Å². The van der Waals surface area contributed by atoms with Gasteiger partial charge in [0.2, 0.25) is 15.9 Å². The number of sulfonamides is 1. The molecule has 3 aromatic rings. The average Bonchev–Trinajstić information content (AvgIpc) is 3.23. The zero-order valence-corrected chi connectivity index (χ0v) is 19.5. The Labute approximate surface area is 190 Å². The number of hydrogen-bond donors (Lipinski definition) is 2. The van der Waals surface area contributed by atoms with Crippen molar-refractivity contribution in [3.05, 3.63) is 56.0 Å². The molecule has 0 radical (unpaired) electrons. The first-order valence-corrected chi connectivity index (χ1v) is 12.0. The topological polar surface area (TPSA) is 141 Å². The lowest BCUT2D eigenvalue weighted by atomic mass is 10.1. The fourth-order valence-corrected chi connectivity index (χ4v) is 5.36. The highest BCUT2D eigenvalue weighted by Gasteiger charge is 2.30. The molecule has 0 unspecified atom stereocenters. The van der Waals surface area contributed by atoms with Gasteiger partial charge in [-0.05, 0) is 37.1 Å². The minimum absolute atomic E-state index is 0.124. The van der Waals surface area contributed by atoms with Crippen LogP contribution in [0.5, 0.6) is 0 Å². The van der Waals surface area contributed by atoms with Crippen molar-refractivity contribution in [2.75, 3.05) is 26.2 Å². The van der Waals surface area contributed by atoms with Crippen molar-refractivity contribution in [3.63, 3.8) is 0 Å². The van der Waals surface area contributed by atoms with Gasteiger partial charge in [-0.3, -0.25) is 19.1 Å². The summed E-state index contributed by atoms with van der Waals surface area (Å²) < 4.78 is 28.6. The van der Waals surface area contributed by atoms with Gasteiger partial charge in [0, 0.05) is 46.1 Å². The quantitative estimate of drug-likeness (QED) is 0.535. The van der Waals surface area contributed by atoms with Gasteiger partial charge in [0.15, 0.2) is 5.65 Å². The van der Waals surface area contributed by atoms with Crippen LogP contribution in [0.25, 0.3) is 11.2 Å². The number of carbonyl (C=O) groups excluding carboxylic acids is 1. The Kier molecular flexibility index (Phi) is 5.97. The minimum Gasteiger partial charge on any atom is -0.340 e. The lowest BCUT2D eigenvalue weighted by Gasteiger charge is -2.34. The van der Waals surface area contributed by atoms with Gasteiger partial charge >= 0.3 is 5.69 Å². The molecule has 0 bridgehead atoms. The van der Waals surface area contributed by atoms with Gasteiger partial charge in [-0.1, -0.05) is 6.07 Å². The minimum atomic E-state index is -3.61. The molecule has 0 spiro atoms. The molecule has 33 heavy (non-hydrogen) atoms. The number of hydrogen-bond acceptors (Lipinski definition) is 6. The molecule has 1 aromatic carbocycles. The summed E-state index contributed by atoms with van der Waals surface area (Å²) in [7, 11) is -2.11. The maximum Gasteiger partial charge on any atom is 0.329 e. The molecule has 0 atom stereocenters. The van der Waals surface area contributed by atoms with Crippen molar-refractivity contribution in [1.29, 1.82) is 0 Å². The van der Waals surface area contributed by atoms with Gasteiger partial charge in [0.25, 0.3) is 5.56 Å². The Balaban J connectivity index is 1.38. The molecule has 2 aromatic heterocycles. The lowest BCUT2D eigenvalue weighted by molar-refractivity contribution is -0.132. The normalized spacial score (nSPS) is 15.3. The van der Waals surface area contributed by atoms with E-state index in [1.54, 1.807) is 23.1 Å². The predicted molar refractivity (Wildman–Crippen MR) is 122 cm³/mol. The number of fused-ring (bicyclic) bond motifs is 1. The van der Waals surface area contributed by atoms with Gasteiger partial charge in [0.1, 0.15) is 11.3 Å². The first-order valence-electron chi connectivity index (χ1n) is 10.6. The standard InChI is InChI=1S/C21H26N6O5S/c1-13-4-5-15(12-14(13)2)33(31,32)27-10-8-26(9-11-27)17(28)7-6-16-22-18-19(23-16)25(3)21(30)24-20(18)29/h4-5,12H,6-11H2,1-3H3,(H,22,23)(H,24,29,30). The van der Waals surface area contributed by atoms with E-state index in [9.17, 15) is 22.8 Å². The molecule has 1 aliphatic heterocycles. The summed E-state index contributed by atoms with van der Waals surface area (Å²) >= 11 is 0. The van der Waals surface area contributed by atoms with Crippen molar-refractivity contribution in [2.24, 2.45) is 7.05 Å². The van der Waals surface area contributed by atoms with E-state index in [-0.39, 0.29) is 47.9 Å². The molecule has 11 nitrogen and oxygen atoms in total. The largest absolute Gasteiger partial charge is 0.340 e. The van der Waals surface area contributed by atoms with Gasteiger partial charge < -0.3 is 9.88 Å². The Bertz CT molecular complexity index is 1440. The van der Waals surface area contributed by atoms with Crippen LogP contribution >= 0.6 is 0 Å². The third-order valence-electron chi connectivity index (χ3n) is 6.09. The van der Waals surface area contributed by atoms with Crippen LogP contribution in [0.2, 0.25) is 0 Å². The van der Waals surface area contributed by atoms with Crippen LogP contribution < -0.4 is 11.2 Å². The summed E-state index contributed by atoms with van der Waals surface area (Å²) in [5, 5.41) is 0. The second-order valence-electron chi connectivity index (χ2n) is 8.23. The number of H-pyrrole nitrogens is 2. The molecular weight excluding hydrogens is 448 g/mol. The highest BCUT2D eigenvalue weighted by molar-refractivity contribution is 7.89. The summed E-state index contributed by atoms with van der Waals surface area (Å²) in [6.07, 6.45) is 0.415. The van der Waals surface area contributed by atoms with Crippen LogP contribution in [0.4, 0.5) is 0 Å². The first kappa shape index (κ1) is 22.9. The highest BCUT2D eigenvalue weighted by Crippen LogP contribution is 2.21. The van der Waals surface area contributed by atoms with Crippen LogP contribution in [0.3, 0.4) is 0 Å². The molecule has 1 amide bonds. The number of aromatic amines is 2. The third-order valence-corrected chi connectivity index (χ3v) is 7.98. The number of nitrogens with one attached hydrogen (secondary N) is 2. The fourth-order valence-electron chi connectivity index (χ4n) is 3.86. The Hall–Kier alpha value is -3.25. The SMILES string of the molecule is Cc1ccc(S(=O)(=O)N2CCN(C(=O)CCc3nc4c([nH]3)c(=O)[nH]c(=O)n4C)CC2)cc1C. The maximum atomic E-state index is 13.0. The highest BCUT2D eigenvalue weighted by atomic mass is 32.2. The van der Waals surface area contributed by atoms with Crippen molar-refractivity contribution in [1.82, 2.24) is 28.7 Å². The fraction of sp³-hybridized carbons (Fsp3) is 0.429. The van der Waals surface area contributed by atoms with E-state index in [1.807, 2.05) is 13.8 Å². The number of benzene rings is 1. The van der Waals surface area contributed by atoms with Crippen LogP contribution in [0, 0.1) is 13.8 Å². The Morgan fingerprint density at radius 3 is 2.42 bits per heavy atom. The van der Waals surface area contributed by atoms with E-state index < -0.39 is 21.3 Å². The number of imidazole rings is 1. The molecule has 4 rings (SSSR count). The van der Waals surface area contributed by atoms with Crippen molar-refractivity contribution < 1.29 is 13.2 Å². The van der Waals surface area contributed by atoms with Gasteiger partial charge in [-0.25, -0.2) is 18.2 Å². The predicted octanol–water partition coefficient (Wildman–Crippen LogP) is 0.0324. The zero-order valence-electron chi connectivity index (χ0n) is 18.7. The number of aryl methyl sites for hydroxylation is 4. The summed E-state index contributed by atoms with van der Waals surface area (Å²) in [5.41, 5.74) is 1.24. The molecule has 2 N–H and O–H groups in total. The first-order chi connectivity index (χ1) is 15.6. The van der Waals surface area contributed by atoms with Crippen LogP contribution in [-0.4, -0.2) is 69.2 Å². The monoisotopic (exact) mass is 474 g/mol. The van der Waals surface area contributed by atoms with Crippen molar-refractivity contribution in [3.8, 4) is 0 Å². The van der Waals surface area contributed by atoms with Crippen LogP contribution in [-0.2, 0) is 28.3 Å². The molecule has 176 valence electrons. The summed E-state index contributed by atoms with van der Waals surface area (Å²) in [6, 6.07) is 5.09. The lowest BCUT2D eigenvalue weighted by Crippen LogP contribution is -2.50. The molecule has 1 fully saturated rings. The number of nitrogens with zero attached hydrogens (tertiary/aromatic N) is 4. The molecule has 3 heterocycles. The van der Waals surface area contributed by atoms with Crippen molar-refractivity contribution in [2.45, 2.75) is 31.6 Å². The van der Waals surface area contributed by atoms with E-state index in [0.717, 1.165) is 11.1 Å². The maximum absolute atomic E-state index is 13.0. The van der Waals surface area contributed by atoms with E-state index >= 15 is 0 Å². The smallest absolute Gasteiger partial charge is 0.329 e. The number of carbonyl (C=O) groups is 1. The Morgan fingerprint density at radius 1 is 1.06 bits per heavy atom. The Morgan fingerprint density at radius 2 is 1.76 bits per heavy atom. The van der Waals surface area contributed by atoms with E-state index in [0.29, 0.717) is 18.9 Å². The van der Waals surface area contributed by atoms with Crippen molar-refractivity contribution >= 4 is 27.1 Å². The molecular formula is C21H26N6O5S. The van der Waals surface area contributed by atoms with Crippen LogP contribution in [0.15, 0.2) is 32.7 Å². The molecule has 1 saturated heterocycles. The third kappa shape index (κ3) is 4.35. The second-order valence-corrected chi connectivity index (χ2v) is 10.2. The number of aromatic nitrogens is 4. The summed E-state index contributed by atoms with van der Waals surface area (Å²) in [5.74, 6) is 0.308. The van der Waals surface area contributed by atoms with E-state index in [2.05, 4.69) is 15.0 Å². The molecule has 1 aliphatic rings. The molecule has 12 heteroatoms. The second kappa shape index (κ2) is 8.60. The average molecular weight is 475 g/mol. The number of rotatable bonds is 5. The van der Waals surface area contributed by atoms with Gasteiger partial charge in [-0.2, -0.15) is 4.31 Å². The number of amides is 1. The van der Waals surface area contributed by atoms with Crippen LogP contribution in [0.1, 0.15) is 23.4 Å². The van der Waals surface area contributed by atoms with Gasteiger partial charge in [-0.15, -0.1) is 0 Å². The molecule has 0 saturated carbocycles. The zero-order chi connectivity index (χ0) is 23.9. The number of piperazine rings is 1.